The zero-order valence-corrected chi connectivity index (χ0v) is 18.5. The summed E-state index contributed by atoms with van der Waals surface area (Å²) in [6.45, 7) is 0. The number of aromatic hydroxyl groups is 2. The lowest BCUT2D eigenvalue weighted by atomic mass is 10.1. The minimum absolute atomic E-state index is 0.111. The van der Waals surface area contributed by atoms with Crippen LogP contribution in [0.4, 0.5) is 0 Å². The van der Waals surface area contributed by atoms with Crippen LogP contribution in [0.5, 0.6) is 11.8 Å². The summed E-state index contributed by atoms with van der Waals surface area (Å²) in [7, 11) is 0. The minimum atomic E-state index is -0.980. The van der Waals surface area contributed by atoms with Gasteiger partial charge < -0.3 is 15.2 Å². The summed E-state index contributed by atoms with van der Waals surface area (Å²) >= 11 is 5.93. The fourth-order valence-electron chi connectivity index (χ4n) is 3.76. The predicted octanol–water partition coefficient (Wildman–Crippen LogP) is 4.97. The number of hydrogen-bond donors (Lipinski definition) is 3. The van der Waals surface area contributed by atoms with Crippen LogP contribution in [0.3, 0.4) is 0 Å². The molecule has 9 nitrogen and oxygen atoms in total. The zero-order valence-electron chi connectivity index (χ0n) is 17.8. The molecule has 0 spiro atoms. The first-order chi connectivity index (χ1) is 16.8. The molecule has 2 aromatic heterocycles. The Morgan fingerprint density at radius 3 is 2.11 bits per heavy atom. The fourth-order valence-corrected chi connectivity index (χ4v) is 3.94. The number of aromatic nitrogens is 2. The number of hydrogen-bond acceptors (Lipinski definition) is 5. The lowest BCUT2D eigenvalue weighted by Gasteiger charge is -2.07. The molecular formula is C25H15ClN4O5. The molecule has 0 radical (unpaired) electrons. The highest BCUT2D eigenvalue weighted by molar-refractivity contribution is 6.31. The Bertz CT molecular complexity index is 1700. The highest BCUT2D eigenvalue weighted by atomic mass is 35.5. The van der Waals surface area contributed by atoms with Gasteiger partial charge in [-0.2, -0.15) is 0 Å². The van der Waals surface area contributed by atoms with Crippen LogP contribution in [0.1, 0.15) is 20.7 Å². The van der Waals surface area contributed by atoms with Crippen molar-refractivity contribution in [2.75, 3.05) is 0 Å². The minimum Gasteiger partial charge on any atom is -0.494 e. The smallest absolute Gasteiger partial charge is 0.300 e. The number of aromatic amines is 1. The third-order valence-corrected chi connectivity index (χ3v) is 5.74. The van der Waals surface area contributed by atoms with Gasteiger partial charge in [0.1, 0.15) is 5.56 Å². The second-order valence-corrected chi connectivity index (χ2v) is 8.04. The molecule has 2 amide bonds. The second kappa shape index (κ2) is 8.54. The number of pyridine rings is 1. The van der Waals surface area contributed by atoms with Crippen LogP contribution in [0.15, 0.2) is 87.9 Å². The van der Waals surface area contributed by atoms with Gasteiger partial charge in [-0.15, -0.1) is 10.2 Å². The Balaban J connectivity index is 1.39. The first-order valence-electron chi connectivity index (χ1n) is 10.3. The third kappa shape index (κ3) is 3.83. The molecule has 0 bridgehead atoms. The fraction of sp³-hybridized carbons (Fsp3) is 0. The van der Waals surface area contributed by atoms with Crippen molar-refractivity contribution in [3.05, 3.63) is 99.3 Å². The summed E-state index contributed by atoms with van der Waals surface area (Å²) in [6, 6.07) is 17.3. The van der Waals surface area contributed by atoms with E-state index >= 15 is 0 Å². The largest absolute Gasteiger partial charge is 0.494 e. The number of halogens is 1. The average Bonchev–Trinajstić information content (AvgIpc) is 3.13. The summed E-state index contributed by atoms with van der Waals surface area (Å²) in [6.07, 6.45) is 1.21. The van der Waals surface area contributed by atoms with Gasteiger partial charge in [-0.1, -0.05) is 23.7 Å². The summed E-state index contributed by atoms with van der Waals surface area (Å²) < 4.78 is 1.24. The molecule has 2 heterocycles. The quantitative estimate of drug-likeness (QED) is 0.309. The highest BCUT2D eigenvalue weighted by Gasteiger charge is 2.17. The van der Waals surface area contributed by atoms with E-state index in [0.717, 1.165) is 0 Å². The number of fused-ring (bicyclic) bond motifs is 2. The van der Waals surface area contributed by atoms with E-state index in [0.29, 0.717) is 27.0 Å². The van der Waals surface area contributed by atoms with Crippen molar-refractivity contribution >= 4 is 45.1 Å². The molecule has 3 aromatic carbocycles. The number of carbonyl (C=O) groups excluding carboxylic acids is 2. The standard InChI is InChI=1S/C25H15ClN4O5/c26-14-7-10-20-18(11-14)21(31)19(12-27-20)23(33)29-28-22(32)13-5-8-15(9-6-13)30-24(34)16-3-1-2-4-17(16)25(30)35/h1-12,34-35H,(H,27,31). The topological polar surface area (TPSA) is 137 Å². The van der Waals surface area contributed by atoms with Crippen molar-refractivity contribution < 1.29 is 19.8 Å². The van der Waals surface area contributed by atoms with E-state index in [4.69, 9.17) is 11.6 Å². The molecule has 5 aromatic rings. The van der Waals surface area contributed by atoms with Crippen LogP contribution in [0, 0.1) is 0 Å². The van der Waals surface area contributed by atoms with Crippen molar-refractivity contribution in [1.29, 1.82) is 0 Å². The van der Waals surface area contributed by atoms with Crippen LogP contribution in [-0.4, -0.2) is 31.6 Å². The Hall–Kier alpha value is -4.76. The lowest BCUT2D eigenvalue weighted by molar-refractivity contribution is 0.0946. The molecule has 0 aliphatic carbocycles. The van der Waals surface area contributed by atoms with E-state index in [1.54, 1.807) is 36.4 Å². The number of azo groups is 1. The maximum absolute atomic E-state index is 12.6. The molecule has 0 unspecified atom stereocenters. The molecular weight excluding hydrogens is 472 g/mol. The monoisotopic (exact) mass is 486 g/mol. The van der Waals surface area contributed by atoms with E-state index in [1.807, 2.05) is 0 Å². The maximum atomic E-state index is 12.6. The molecule has 0 fully saturated rings. The molecule has 0 aliphatic rings. The Labute approximate surface area is 201 Å². The van der Waals surface area contributed by atoms with Gasteiger partial charge in [0.15, 0.2) is 0 Å². The van der Waals surface area contributed by atoms with Crippen LogP contribution in [0.25, 0.3) is 27.4 Å². The van der Waals surface area contributed by atoms with E-state index in [-0.39, 0.29) is 28.3 Å². The van der Waals surface area contributed by atoms with E-state index in [2.05, 4.69) is 15.2 Å². The zero-order chi connectivity index (χ0) is 24.7. The van der Waals surface area contributed by atoms with Crippen molar-refractivity contribution in [2.45, 2.75) is 0 Å². The predicted molar refractivity (Wildman–Crippen MR) is 130 cm³/mol. The van der Waals surface area contributed by atoms with Crippen molar-refractivity contribution in [1.82, 2.24) is 9.55 Å². The second-order valence-electron chi connectivity index (χ2n) is 7.61. The van der Waals surface area contributed by atoms with Gasteiger partial charge in [0.25, 0.3) is 5.91 Å². The SMILES string of the molecule is O=C(N=NC(=O)c1c[nH]c2ccc(Cl)cc2c1=O)c1ccc(-n2c(O)c3ccccc3c2O)cc1. The van der Waals surface area contributed by atoms with Gasteiger partial charge in [-0.05, 0) is 54.6 Å². The number of benzene rings is 3. The molecule has 35 heavy (non-hydrogen) atoms. The molecule has 0 saturated heterocycles. The number of nitrogens with one attached hydrogen (secondary N) is 1. The number of nitrogens with zero attached hydrogens (tertiary/aromatic N) is 3. The molecule has 172 valence electrons. The van der Waals surface area contributed by atoms with Crippen LogP contribution < -0.4 is 5.43 Å². The van der Waals surface area contributed by atoms with E-state index in [9.17, 15) is 24.6 Å². The van der Waals surface area contributed by atoms with Gasteiger partial charge in [-0.25, -0.2) is 0 Å². The van der Waals surface area contributed by atoms with Crippen LogP contribution in [-0.2, 0) is 0 Å². The number of amides is 2. The summed E-state index contributed by atoms with van der Waals surface area (Å²) in [5, 5.41) is 29.3. The Morgan fingerprint density at radius 1 is 0.829 bits per heavy atom. The number of carbonyl (C=O) groups is 2. The van der Waals surface area contributed by atoms with Crippen LogP contribution in [0.2, 0.25) is 5.02 Å². The van der Waals surface area contributed by atoms with Gasteiger partial charge in [0, 0.05) is 38.5 Å². The van der Waals surface area contributed by atoms with Gasteiger partial charge in [0.05, 0.1) is 5.69 Å². The van der Waals surface area contributed by atoms with E-state index in [1.165, 1.54) is 41.1 Å². The van der Waals surface area contributed by atoms with Gasteiger partial charge >= 0.3 is 5.91 Å². The van der Waals surface area contributed by atoms with E-state index < -0.39 is 17.2 Å². The van der Waals surface area contributed by atoms with Gasteiger partial charge in [-0.3, -0.25) is 19.0 Å². The van der Waals surface area contributed by atoms with Crippen molar-refractivity contribution in [3.8, 4) is 17.4 Å². The first kappa shape index (κ1) is 22.1. The molecule has 0 aliphatic heterocycles. The number of H-pyrrole nitrogens is 1. The molecule has 5 rings (SSSR count). The average molecular weight is 487 g/mol. The summed E-state index contributed by atoms with van der Waals surface area (Å²) in [5.41, 5.74) is 0.150. The van der Waals surface area contributed by atoms with Crippen LogP contribution >= 0.6 is 11.6 Å². The number of rotatable bonds is 3. The maximum Gasteiger partial charge on any atom is 0.300 e. The van der Waals surface area contributed by atoms with Crippen molar-refractivity contribution in [2.24, 2.45) is 10.2 Å². The molecule has 0 saturated carbocycles. The molecule has 0 atom stereocenters. The molecule has 10 heteroatoms. The summed E-state index contributed by atoms with van der Waals surface area (Å²) in [5.74, 6) is -2.09. The van der Waals surface area contributed by atoms with Gasteiger partial charge in [0.2, 0.25) is 17.2 Å². The lowest BCUT2D eigenvalue weighted by Crippen LogP contribution is -2.14. The molecule has 3 N–H and O–H groups in total. The highest BCUT2D eigenvalue weighted by Crippen LogP contribution is 2.38. The summed E-state index contributed by atoms with van der Waals surface area (Å²) in [4.78, 5) is 40.2. The normalized spacial score (nSPS) is 11.5. The Kier molecular flexibility index (Phi) is 5.38. The van der Waals surface area contributed by atoms with Crippen molar-refractivity contribution in [3.63, 3.8) is 0 Å². The third-order valence-electron chi connectivity index (χ3n) is 5.51. The Morgan fingerprint density at radius 2 is 1.46 bits per heavy atom. The first-order valence-corrected chi connectivity index (χ1v) is 10.7.